The van der Waals surface area contributed by atoms with Crippen LogP contribution in [0.4, 0.5) is 13.2 Å². The number of aliphatic carboxylic acids is 1. The molecule has 1 aliphatic carbocycles. The number of carboxylic acid groups (broad SMARTS) is 1. The lowest BCUT2D eigenvalue weighted by molar-refractivity contribution is -0.304. The van der Waals surface area contributed by atoms with Crippen molar-refractivity contribution in [3.63, 3.8) is 0 Å². The summed E-state index contributed by atoms with van der Waals surface area (Å²) in [5.74, 6) is -1.49. The number of carbonyl (C=O) groups is 2. The molecule has 1 saturated carbocycles. The van der Waals surface area contributed by atoms with Crippen molar-refractivity contribution in [3.05, 3.63) is 52.3 Å². The Bertz CT molecular complexity index is 974. The van der Waals surface area contributed by atoms with E-state index in [1.165, 1.54) is 23.2 Å². The van der Waals surface area contributed by atoms with E-state index in [1.54, 1.807) is 6.92 Å². The lowest BCUT2D eigenvalue weighted by Crippen LogP contribution is -2.31. The van der Waals surface area contributed by atoms with Crippen LogP contribution in [0.1, 0.15) is 36.5 Å². The fraction of sp³-hybridized carbons (Fsp3) is 0.381. The van der Waals surface area contributed by atoms with E-state index in [0.717, 1.165) is 25.0 Å². The summed E-state index contributed by atoms with van der Waals surface area (Å²) in [6.45, 7) is 2.14. The van der Waals surface area contributed by atoms with Gasteiger partial charge in [-0.05, 0) is 54.7 Å². The number of hydrogen-bond acceptors (Lipinski definition) is 4. The molecule has 0 radical (unpaired) electrons. The molecular weight excluding hydrogens is 421 g/mol. The molecule has 0 bridgehead atoms. The number of benzene rings is 1. The molecule has 1 aromatic carbocycles. The van der Waals surface area contributed by atoms with E-state index in [2.05, 4.69) is 4.98 Å². The van der Waals surface area contributed by atoms with Crippen molar-refractivity contribution >= 4 is 23.5 Å². The van der Waals surface area contributed by atoms with Gasteiger partial charge in [-0.25, -0.2) is 4.98 Å². The van der Waals surface area contributed by atoms with Gasteiger partial charge in [0.2, 0.25) is 5.91 Å². The third-order valence-electron chi connectivity index (χ3n) is 4.97. The van der Waals surface area contributed by atoms with Crippen molar-refractivity contribution in [3.8, 4) is 11.1 Å². The van der Waals surface area contributed by atoms with Crippen LogP contribution in [-0.2, 0) is 28.7 Å². The van der Waals surface area contributed by atoms with E-state index in [4.69, 9.17) is 11.6 Å². The molecule has 0 N–H and O–H groups in total. The van der Waals surface area contributed by atoms with Gasteiger partial charge in [0, 0.05) is 43.2 Å². The van der Waals surface area contributed by atoms with E-state index in [9.17, 15) is 27.9 Å². The molecule has 160 valence electrons. The number of rotatable bonds is 7. The van der Waals surface area contributed by atoms with Gasteiger partial charge in [-0.2, -0.15) is 13.2 Å². The largest absolute Gasteiger partial charge is 0.550 e. The normalized spacial score (nSPS) is 13.9. The molecule has 2 aromatic rings. The first-order chi connectivity index (χ1) is 14.1. The highest BCUT2D eigenvalue weighted by Crippen LogP contribution is 2.36. The zero-order valence-corrected chi connectivity index (χ0v) is 16.9. The standard InChI is InChI=1S/C21H20ClF3N2O3/c1-2-27(20(30)12-3-4-12)11-15-8-16(21(23,24)25)5-6-17(15)14-7-13(9-18(28)29)19(22)26-10-14/h5-8,10,12H,2-4,9,11H2,1H3,(H,28,29)/p-1. The molecule has 1 fully saturated rings. The molecule has 1 aromatic heterocycles. The van der Waals surface area contributed by atoms with Crippen LogP contribution in [0.3, 0.4) is 0 Å². The molecule has 5 nitrogen and oxygen atoms in total. The van der Waals surface area contributed by atoms with Crippen LogP contribution in [0.2, 0.25) is 5.15 Å². The maximum atomic E-state index is 13.3. The monoisotopic (exact) mass is 439 g/mol. The molecule has 3 rings (SSSR count). The first-order valence-corrected chi connectivity index (χ1v) is 9.81. The zero-order valence-electron chi connectivity index (χ0n) is 16.1. The number of amides is 1. The number of carbonyl (C=O) groups excluding carboxylic acids is 2. The van der Waals surface area contributed by atoms with Crippen LogP contribution in [0.5, 0.6) is 0 Å². The molecule has 0 aliphatic heterocycles. The summed E-state index contributed by atoms with van der Waals surface area (Å²) in [5.41, 5.74) is 0.502. The predicted molar refractivity (Wildman–Crippen MR) is 102 cm³/mol. The maximum absolute atomic E-state index is 13.3. The lowest BCUT2D eigenvalue weighted by Gasteiger charge is -2.23. The van der Waals surface area contributed by atoms with Crippen LogP contribution >= 0.6 is 11.6 Å². The van der Waals surface area contributed by atoms with Crippen molar-refractivity contribution in [1.82, 2.24) is 9.88 Å². The van der Waals surface area contributed by atoms with Gasteiger partial charge in [-0.1, -0.05) is 17.7 Å². The first kappa shape index (κ1) is 22.1. The van der Waals surface area contributed by atoms with E-state index in [-0.39, 0.29) is 29.1 Å². The van der Waals surface area contributed by atoms with Crippen LogP contribution < -0.4 is 5.11 Å². The summed E-state index contributed by atoms with van der Waals surface area (Å²) < 4.78 is 39.9. The fourth-order valence-corrected chi connectivity index (χ4v) is 3.41. The smallest absolute Gasteiger partial charge is 0.416 e. The van der Waals surface area contributed by atoms with E-state index in [0.29, 0.717) is 23.2 Å². The highest BCUT2D eigenvalue weighted by Gasteiger charge is 2.34. The van der Waals surface area contributed by atoms with Crippen molar-refractivity contribution in [2.24, 2.45) is 5.92 Å². The summed E-state index contributed by atoms with van der Waals surface area (Å²) in [6.07, 6.45) is -2.07. The second-order valence-corrected chi connectivity index (χ2v) is 7.58. The second-order valence-electron chi connectivity index (χ2n) is 7.22. The number of nitrogens with zero attached hydrogens (tertiary/aromatic N) is 2. The molecule has 0 spiro atoms. The van der Waals surface area contributed by atoms with Crippen LogP contribution in [0, 0.1) is 5.92 Å². The molecule has 0 atom stereocenters. The summed E-state index contributed by atoms with van der Waals surface area (Å²) in [7, 11) is 0. The molecule has 9 heteroatoms. The summed E-state index contributed by atoms with van der Waals surface area (Å²) in [6, 6.07) is 4.74. The summed E-state index contributed by atoms with van der Waals surface area (Å²) in [4.78, 5) is 28.9. The van der Waals surface area contributed by atoms with Crippen molar-refractivity contribution in [1.29, 1.82) is 0 Å². The minimum Gasteiger partial charge on any atom is -0.550 e. The molecule has 0 saturated heterocycles. The third kappa shape index (κ3) is 5.11. The van der Waals surface area contributed by atoms with Gasteiger partial charge in [-0.15, -0.1) is 0 Å². The molecule has 1 amide bonds. The fourth-order valence-electron chi connectivity index (χ4n) is 3.24. The Morgan fingerprint density at radius 1 is 1.23 bits per heavy atom. The van der Waals surface area contributed by atoms with Crippen LogP contribution in [-0.4, -0.2) is 28.3 Å². The topological polar surface area (TPSA) is 73.3 Å². The van der Waals surface area contributed by atoms with Gasteiger partial charge in [0.1, 0.15) is 5.15 Å². The SMILES string of the molecule is CCN(Cc1cc(C(F)(F)F)ccc1-c1cnc(Cl)c(CC(=O)[O-])c1)C(=O)C1CC1. The Morgan fingerprint density at radius 3 is 2.50 bits per heavy atom. The second kappa shape index (κ2) is 8.63. The van der Waals surface area contributed by atoms with Gasteiger partial charge in [0.05, 0.1) is 5.56 Å². The molecule has 0 unspecified atom stereocenters. The minimum atomic E-state index is -4.54. The zero-order chi connectivity index (χ0) is 22.1. The predicted octanol–water partition coefficient (Wildman–Crippen LogP) is 3.47. The first-order valence-electron chi connectivity index (χ1n) is 9.43. The van der Waals surface area contributed by atoms with Crippen LogP contribution in [0.25, 0.3) is 11.1 Å². The number of carboxylic acids is 1. The average Bonchev–Trinajstić information content (AvgIpc) is 3.51. The Kier molecular flexibility index (Phi) is 6.36. The van der Waals surface area contributed by atoms with Gasteiger partial charge < -0.3 is 14.8 Å². The Morgan fingerprint density at radius 2 is 1.93 bits per heavy atom. The van der Waals surface area contributed by atoms with Crippen molar-refractivity contribution < 1.29 is 27.9 Å². The van der Waals surface area contributed by atoms with Crippen molar-refractivity contribution in [2.45, 2.75) is 38.9 Å². The summed E-state index contributed by atoms with van der Waals surface area (Å²) >= 11 is 5.94. The van der Waals surface area contributed by atoms with E-state index < -0.39 is 24.1 Å². The third-order valence-corrected chi connectivity index (χ3v) is 5.31. The highest BCUT2D eigenvalue weighted by molar-refractivity contribution is 6.30. The number of pyridine rings is 1. The Labute approximate surface area is 176 Å². The molecule has 1 aliphatic rings. The number of hydrogen-bond donors (Lipinski definition) is 0. The Balaban J connectivity index is 2.05. The van der Waals surface area contributed by atoms with E-state index in [1.807, 2.05) is 0 Å². The lowest BCUT2D eigenvalue weighted by atomic mass is 9.96. The van der Waals surface area contributed by atoms with Gasteiger partial charge in [0.15, 0.2) is 0 Å². The Hall–Kier alpha value is -2.61. The molecular formula is C21H19ClF3N2O3-. The minimum absolute atomic E-state index is 0.00350. The van der Waals surface area contributed by atoms with Gasteiger partial charge >= 0.3 is 6.18 Å². The molecule has 30 heavy (non-hydrogen) atoms. The van der Waals surface area contributed by atoms with E-state index >= 15 is 0 Å². The maximum Gasteiger partial charge on any atom is 0.416 e. The van der Waals surface area contributed by atoms with Crippen LogP contribution in [0.15, 0.2) is 30.5 Å². The van der Waals surface area contributed by atoms with Crippen molar-refractivity contribution in [2.75, 3.05) is 6.54 Å². The number of alkyl halides is 3. The number of halogens is 4. The average molecular weight is 440 g/mol. The quantitative estimate of drug-likeness (QED) is 0.619. The van der Waals surface area contributed by atoms with Gasteiger partial charge in [0.25, 0.3) is 0 Å². The van der Waals surface area contributed by atoms with Gasteiger partial charge in [-0.3, -0.25) is 4.79 Å². The highest BCUT2D eigenvalue weighted by atomic mass is 35.5. The number of aromatic nitrogens is 1. The summed E-state index contributed by atoms with van der Waals surface area (Å²) in [5, 5.41) is 10.9. The molecule has 1 heterocycles.